The Morgan fingerprint density at radius 1 is 1.18 bits per heavy atom. The Hall–Kier alpha value is -0.940. The van der Waals surface area contributed by atoms with Gasteiger partial charge in [0.2, 0.25) is 5.88 Å². The van der Waals surface area contributed by atoms with Crippen LogP contribution in [0.2, 0.25) is 0 Å². The first kappa shape index (κ1) is 12.5. The van der Waals surface area contributed by atoms with E-state index in [1.54, 1.807) is 12.3 Å². The van der Waals surface area contributed by atoms with Crippen LogP contribution in [0.25, 0.3) is 0 Å². The number of nitrogens with zero attached hydrogens (tertiary/aromatic N) is 1. The van der Waals surface area contributed by atoms with Crippen molar-refractivity contribution in [1.82, 2.24) is 4.98 Å². The fourth-order valence-electron chi connectivity index (χ4n) is 1.26. The van der Waals surface area contributed by atoms with E-state index < -0.39 is 0 Å². The molecule has 0 fully saturated rings. The fourth-order valence-corrected chi connectivity index (χ4v) is 2.23. The van der Waals surface area contributed by atoms with Crippen LogP contribution in [0.1, 0.15) is 5.56 Å². The number of ether oxygens (including phenoxy) is 1. The summed E-state index contributed by atoms with van der Waals surface area (Å²) in [6.07, 6.45) is 1.71. The zero-order valence-corrected chi connectivity index (χ0v) is 12.0. The molecule has 88 valence electrons. The molecule has 1 aromatic carbocycles. The number of hydrogen-bond acceptors (Lipinski definition) is 2. The number of hydrogen-bond donors (Lipinski definition) is 0. The normalized spacial score (nSPS) is 10.4. The lowest BCUT2D eigenvalue weighted by molar-refractivity contribution is 0.455. The minimum atomic E-state index is -0.319. The second kappa shape index (κ2) is 5.14. The quantitative estimate of drug-likeness (QED) is 0.763. The van der Waals surface area contributed by atoms with E-state index in [4.69, 9.17) is 4.74 Å². The van der Waals surface area contributed by atoms with Crippen molar-refractivity contribution in [2.24, 2.45) is 0 Å². The van der Waals surface area contributed by atoms with Gasteiger partial charge < -0.3 is 4.74 Å². The highest BCUT2D eigenvalue weighted by molar-refractivity contribution is 9.11. The van der Waals surface area contributed by atoms with Gasteiger partial charge in [-0.15, -0.1) is 0 Å². The minimum absolute atomic E-state index is 0.319. The van der Waals surface area contributed by atoms with Gasteiger partial charge >= 0.3 is 0 Å². The highest BCUT2D eigenvalue weighted by Crippen LogP contribution is 2.32. The summed E-state index contributed by atoms with van der Waals surface area (Å²) in [7, 11) is 0. The number of pyridine rings is 1. The summed E-state index contributed by atoms with van der Waals surface area (Å²) in [6.45, 7) is 1.94. The Labute approximate surface area is 115 Å². The molecule has 0 aliphatic heterocycles. The maximum atomic E-state index is 12.9. The summed E-state index contributed by atoms with van der Waals surface area (Å²) < 4.78 is 19.8. The van der Waals surface area contributed by atoms with Crippen molar-refractivity contribution in [1.29, 1.82) is 0 Å². The summed E-state index contributed by atoms with van der Waals surface area (Å²) in [5.41, 5.74) is 1.03. The molecule has 2 rings (SSSR count). The maximum absolute atomic E-state index is 12.9. The zero-order chi connectivity index (χ0) is 12.4. The van der Waals surface area contributed by atoms with E-state index >= 15 is 0 Å². The first-order valence-electron chi connectivity index (χ1n) is 4.81. The number of benzene rings is 1. The predicted molar refractivity (Wildman–Crippen MR) is 70.8 cm³/mol. The smallest absolute Gasteiger partial charge is 0.233 e. The number of aryl methyl sites for hydroxylation is 1. The molecule has 0 radical (unpaired) electrons. The molecule has 0 saturated carbocycles. The number of halogens is 3. The van der Waals surface area contributed by atoms with Crippen LogP contribution in [0.4, 0.5) is 4.39 Å². The van der Waals surface area contributed by atoms with E-state index in [2.05, 4.69) is 36.8 Å². The Kier molecular flexibility index (Phi) is 3.79. The van der Waals surface area contributed by atoms with Crippen LogP contribution < -0.4 is 4.74 Å². The van der Waals surface area contributed by atoms with E-state index in [0.717, 1.165) is 10.0 Å². The van der Waals surface area contributed by atoms with Gasteiger partial charge in [-0.1, -0.05) is 0 Å². The van der Waals surface area contributed by atoms with Crippen molar-refractivity contribution < 1.29 is 9.13 Å². The first-order chi connectivity index (χ1) is 8.06. The summed E-state index contributed by atoms with van der Waals surface area (Å²) in [6, 6.07) is 6.13. The maximum Gasteiger partial charge on any atom is 0.233 e. The van der Waals surface area contributed by atoms with Crippen molar-refractivity contribution in [3.05, 3.63) is 50.8 Å². The summed E-state index contributed by atoms with van der Waals surface area (Å²) in [5, 5.41) is 0. The summed E-state index contributed by atoms with van der Waals surface area (Å²) in [4.78, 5) is 4.15. The number of aromatic nitrogens is 1. The highest BCUT2D eigenvalue weighted by Gasteiger charge is 2.08. The summed E-state index contributed by atoms with van der Waals surface area (Å²) in [5.74, 6) is 0.645. The van der Waals surface area contributed by atoms with Crippen molar-refractivity contribution in [3.8, 4) is 11.6 Å². The molecule has 5 heteroatoms. The monoisotopic (exact) mass is 359 g/mol. The van der Waals surface area contributed by atoms with Crippen LogP contribution in [0.15, 0.2) is 39.4 Å². The lowest BCUT2D eigenvalue weighted by Gasteiger charge is -2.08. The largest absolute Gasteiger partial charge is 0.437 e. The van der Waals surface area contributed by atoms with E-state index in [1.165, 1.54) is 12.1 Å². The average Bonchev–Trinajstić information content (AvgIpc) is 2.25. The molecule has 0 saturated heterocycles. The van der Waals surface area contributed by atoms with Crippen molar-refractivity contribution >= 4 is 31.9 Å². The van der Waals surface area contributed by atoms with E-state index in [0.29, 0.717) is 16.1 Å². The van der Waals surface area contributed by atoms with Gasteiger partial charge in [-0.3, -0.25) is 0 Å². The van der Waals surface area contributed by atoms with Gasteiger partial charge in [0.05, 0.1) is 8.95 Å². The first-order valence-corrected chi connectivity index (χ1v) is 6.40. The molecule has 2 nitrogen and oxygen atoms in total. The Balaban J connectivity index is 2.31. The molecule has 0 aliphatic carbocycles. The van der Waals surface area contributed by atoms with Gasteiger partial charge in [0.15, 0.2) is 0 Å². The third kappa shape index (κ3) is 3.04. The van der Waals surface area contributed by atoms with Gasteiger partial charge in [0, 0.05) is 6.20 Å². The van der Waals surface area contributed by atoms with Crippen LogP contribution in [0.5, 0.6) is 11.6 Å². The van der Waals surface area contributed by atoms with E-state index in [9.17, 15) is 4.39 Å². The Morgan fingerprint density at radius 2 is 1.94 bits per heavy atom. The van der Waals surface area contributed by atoms with Gasteiger partial charge in [-0.25, -0.2) is 9.37 Å². The second-order valence-corrected chi connectivity index (χ2v) is 5.19. The van der Waals surface area contributed by atoms with Crippen LogP contribution in [-0.4, -0.2) is 4.98 Å². The zero-order valence-electron chi connectivity index (χ0n) is 8.88. The van der Waals surface area contributed by atoms with Gasteiger partial charge in [0.25, 0.3) is 0 Å². The molecule has 0 spiro atoms. The van der Waals surface area contributed by atoms with E-state index in [-0.39, 0.29) is 5.82 Å². The van der Waals surface area contributed by atoms with Crippen LogP contribution in [0.3, 0.4) is 0 Å². The number of rotatable bonds is 2. The molecule has 0 aliphatic rings. The molecule has 0 N–H and O–H groups in total. The van der Waals surface area contributed by atoms with Gasteiger partial charge in [0.1, 0.15) is 11.6 Å². The average molecular weight is 361 g/mol. The fraction of sp³-hybridized carbons (Fsp3) is 0.0833. The van der Waals surface area contributed by atoms with Gasteiger partial charge in [-0.05, 0) is 68.6 Å². The molecule has 0 amide bonds. The lowest BCUT2D eigenvalue weighted by atomic mass is 10.3. The van der Waals surface area contributed by atoms with Crippen molar-refractivity contribution in [2.75, 3.05) is 0 Å². The lowest BCUT2D eigenvalue weighted by Crippen LogP contribution is -1.91. The van der Waals surface area contributed by atoms with Gasteiger partial charge in [-0.2, -0.15) is 0 Å². The van der Waals surface area contributed by atoms with Crippen LogP contribution in [-0.2, 0) is 0 Å². The molecule has 0 atom stereocenters. The molecule has 0 bridgehead atoms. The molecular weight excluding hydrogens is 353 g/mol. The standard InChI is InChI=1S/C12H8Br2FNO/c1-7-4-10(14)12(16-6-7)17-11-3-2-8(15)5-9(11)13/h2-6H,1H3. The third-order valence-electron chi connectivity index (χ3n) is 2.04. The SMILES string of the molecule is Cc1cnc(Oc2ccc(F)cc2Br)c(Br)c1. The molecular formula is C12H8Br2FNO. The van der Waals surface area contributed by atoms with E-state index in [1.807, 2.05) is 13.0 Å². The predicted octanol–water partition coefficient (Wildman–Crippen LogP) is 4.85. The minimum Gasteiger partial charge on any atom is -0.437 e. The molecule has 1 heterocycles. The molecule has 2 aromatic rings. The second-order valence-electron chi connectivity index (χ2n) is 3.48. The molecule has 0 unspecified atom stereocenters. The Bertz CT molecular complexity index is 511. The van der Waals surface area contributed by atoms with Crippen molar-refractivity contribution in [3.63, 3.8) is 0 Å². The topological polar surface area (TPSA) is 22.1 Å². The summed E-state index contributed by atoms with van der Waals surface area (Å²) >= 11 is 6.60. The highest BCUT2D eigenvalue weighted by atomic mass is 79.9. The third-order valence-corrected chi connectivity index (χ3v) is 3.23. The van der Waals surface area contributed by atoms with Crippen LogP contribution >= 0.6 is 31.9 Å². The molecule has 1 aromatic heterocycles. The van der Waals surface area contributed by atoms with Crippen molar-refractivity contribution in [2.45, 2.75) is 6.92 Å². The molecule has 17 heavy (non-hydrogen) atoms. The van der Waals surface area contributed by atoms with Crippen LogP contribution in [0, 0.1) is 12.7 Å². The Morgan fingerprint density at radius 3 is 2.59 bits per heavy atom.